The maximum atomic E-state index is 11.9. The number of carboxylic acid groups (broad SMARTS) is 1. The monoisotopic (exact) mass is 251 g/mol. The van der Waals surface area contributed by atoms with Crippen LogP contribution in [0.4, 0.5) is 0 Å². The number of carbonyl (C=O) groups is 1. The molecular formula is C9H17NO5S. The fourth-order valence-corrected chi connectivity index (χ4v) is 3.83. The van der Waals surface area contributed by atoms with Gasteiger partial charge < -0.3 is 10.2 Å². The zero-order valence-corrected chi connectivity index (χ0v) is 10.1. The quantitative estimate of drug-likeness (QED) is 0.702. The van der Waals surface area contributed by atoms with Crippen LogP contribution in [0.3, 0.4) is 0 Å². The molecule has 16 heavy (non-hydrogen) atoms. The van der Waals surface area contributed by atoms with E-state index in [1.54, 1.807) is 13.8 Å². The second-order valence-electron chi connectivity index (χ2n) is 4.49. The molecule has 94 valence electrons. The average molecular weight is 251 g/mol. The van der Waals surface area contributed by atoms with Gasteiger partial charge in [0.25, 0.3) is 0 Å². The van der Waals surface area contributed by atoms with Crippen molar-refractivity contribution in [1.29, 1.82) is 0 Å². The molecule has 1 saturated heterocycles. The number of aliphatic hydroxyl groups is 1. The van der Waals surface area contributed by atoms with Gasteiger partial charge in [-0.2, -0.15) is 4.31 Å². The van der Waals surface area contributed by atoms with E-state index in [0.29, 0.717) is 0 Å². The van der Waals surface area contributed by atoms with E-state index in [0.717, 1.165) is 4.31 Å². The molecule has 0 radical (unpaired) electrons. The Morgan fingerprint density at radius 3 is 2.50 bits per heavy atom. The lowest BCUT2D eigenvalue weighted by atomic mass is 10.2. The highest BCUT2D eigenvalue weighted by Gasteiger charge is 2.42. The van der Waals surface area contributed by atoms with Gasteiger partial charge in [0, 0.05) is 13.0 Å². The first-order valence-electron chi connectivity index (χ1n) is 5.14. The number of carboxylic acids is 1. The van der Waals surface area contributed by atoms with Crippen molar-refractivity contribution in [2.75, 3.05) is 12.3 Å². The molecule has 0 amide bonds. The van der Waals surface area contributed by atoms with Crippen LogP contribution >= 0.6 is 0 Å². The molecule has 0 aromatic rings. The van der Waals surface area contributed by atoms with Gasteiger partial charge in [-0.25, -0.2) is 8.42 Å². The molecule has 0 spiro atoms. The van der Waals surface area contributed by atoms with Crippen LogP contribution in [0.1, 0.15) is 20.3 Å². The van der Waals surface area contributed by atoms with Crippen molar-refractivity contribution in [1.82, 2.24) is 4.31 Å². The van der Waals surface area contributed by atoms with Crippen LogP contribution in [0.25, 0.3) is 0 Å². The van der Waals surface area contributed by atoms with Gasteiger partial charge in [0.1, 0.15) is 6.04 Å². The number of nitrogens with zero attached hydrogens (tertiary/aromatic N) is 1. The Morgan fingerprint density at radius 1 is 1.50 bits per heavy atom. The van der Waals surface area contributed by atoms with Crippen LogP contribution < -0.4 is 0 Å². The molecule has 1 rings (SSSR count). The third-order valence-electron chi connectivity index (χ3n) is 2.42. The number of aliphatic hydroxyl groups excluding tert-OH is 1. The topological polar surface area (TPSA) is 94.9 Å². The molecule has 0 bridgehead atoms. The molecule has 2 N–H and O–H groups in total. The van der Waals surface area contributed by atoms with Crippen LogP contribution in [0.5, 0.6) is 0 Å². The summed E-state index contributed by atoms with van der Waals surface area (Å²) in [4.78, 5) is 10.9. The maximum Gasteiger partial charge on any atom is 0.322 e. The first-order chi connectivity index (χ1) is 7.24. The normalized spacial score (nSPS) is 27.5. The van der Waals surface area contributed by atoms with E-state index in [2.05, 4.69) is 0 Å². The molecule has 2 atom stereocenters. The highest BCUT2D eigenvalue weighted by atomic mass is 32.2. The van der Waals surface area contributed by atoms with Crippen molar-refractivity contribution in [2.24, 2.45) is 5.92 Å². The third-order valence-corrected chi connectivity index (χ3v) is 4.63. The number of aliphatic carboxylic acids is 1. The van der Waals surface area contributed by atoms with E-state index in [-0.39, 0.29) is 24.6 Å². The Morgan fingerprint density at radius 2 is 2.06 bits per heavy atom. The van der Waals surface area contributed by atoms with Gasteiger partial charge in [0.05, 0.1) is 11.9 Å². The molecule has 6 nitrogen and oxygen atoms in total. The number of β-amino-alcohol motifs (C(OH)–C–C–N with tert-alkyl or cyclic N) is 1. The lowest BCUT2D eigenvalue weighted by molar-refractivity contribution is -0.140. The van der Waals surface area contributed by atoms with E-state index < -0.39 is 28.1 Å². The Kier molecular flexibility index (Phi) is 3.92. The van der Waals surface area contributed by atoms with Crippen LogP contribution in [-0.2, 0) is 14.8 Å². The van der Waals surface area contributed by atoms with Gasteiger partial charge in [0.15, 0.2) is 0 Å². The summed E-state index contributed by atoms with van der Waals surface area (Å²) in [6.45, 7) is 3.38. The first-order valence-corrected chi connectivity index (χ1v) is 6.75. The van der Waals surface area contributed by atoms with Crippen LogP contribution in [0.2, 0.25) is 0 Å². The zero-order valence-electron chi connectivity index (χ0n) is 9.33. The van der Waals surface area contributed by atoms with Gasteiger partial charge in [-0.3, -0.25) is 4.79 Å². The summed E-state index contributed by atoms with van der Waals surface area (Å²) in [5.74, 6) is -1.37. The summed E-state index contributed by atoms with van der Waals surface area (Å²) in [5.41, 5.74) is 0. The predicted octanol–water partition coefficient (Wildman–Crippen LogP) is -0.508. The van der Waals surface area contributed by atoms with Gasteiger partial charge in [0.2, 0.25) is 10.0 Å². The van der Waals surface area contributed by atoms with Crippen LogP contribution in [0.15, 0.2) is 0 Å². The van der Waals surface area contributed by atoms with E-state index >= 15 is 0 Å². The van der Waals surface area contributed by atoms with Crippen molar-refractivity contribution in [3.63, 3.8) is 0 Å². The van der Waals surface area contributed by atoms with Gasteiger partial charge >= 0.3 is 5.97 Å². The maximum absolute atomic E-state index is 11.9. The molecule has 0 unspecified atom stereocenters. The second kappa shape index (κ2) is 4.68. The predicted molar refractivity (Wildman–Crippen MR) is 57.4 cm³/mol. The number of hydrogen-bond acceptors (Lipinski definition) is 4. The number of rotatable bonds is 4. The van der Waals surface area contributed by atoms with Crippen molar-refractivity contribution in [3.05, 3.63) is 0 Å². The summed E-state index contributed by atoms with van der Waals surface area (Å²) in [6, 6.07) is -1.13. The highest BCUT2D eigenvalue weighted by molar-refractivity contribution is 7.89. The van der Waals surface area contributed by atoms with E-state index in [1.165, 1.54) is 0 Å². The largest absolute Gasteiger partial charge is 0.480 e. The molecule has 1 aliphatic heterocycles. The SMILES string of the molecule is CC(C)CS(=O)(=O)N1C[C@@H](O)C[C@H]1C(=O)O. The Labute approximate surface area is 94.9 Å². The summed E-state index contributed by atoms with van der Waals surface area (Å²) in [7, 11) is -3.59. The molecule has 7 heteroatoms. The molecule has 1 aliphatic rings. The van der Waals surface area contributed by atoms with Crippen LogP contribution in [-0.4, -0.2) is 53.3 Å². The van der Waals surface area contributed by atoms with Gasteiger partial charge in [-0.1, -0.05) is 13.8 Å². The lowest BCUT2D eigenvalue weighted by Crippen LogP contribution is -2.42. The molecular weight excluding hydrogens is 234 g/mol. The molecule has 0 saturated carbocycles. The highest BCUT2D eigenvalue weighted by Crippen LogP contribution is 2.23. The summed E-state index contributed by atoms with van der Waals surface area (Å²) < 4.78 is 24.6. The third kappa shape index (κ3) is 2.93. The Balaban J connectivity index is 2.89. The Bertz CT molecular complexity index is 364. The van der Waals surface area contributed by atoms with Crippen molar-refractivity contribution >= 4 is 16.0 Å². The fraction of sp³-hybridized carbons (Fsp3) is 0.889. The van der Waals surface area contributed by atoms with Crippen molar-refractivity contribution in [3.8, 4) is 0 Å². The van der Waals surface area contributed by atoms with E-state index in [1.807, 2.05) is 0 Å². The van der Waals surface area contributed by atoms with Crippen molar-refractivity contribution in [2.45, 2.75) is 32.4 Å². The van der Waals surface area contributed by atoms with E-state index in [9.17, 15) is 18.3 Å². The Hall–Kier alpha value is -0.660. The molecule has 0 aliphatic carbocycles. The number of sulfonamides is 1. The second-order valence-corrected chi connectivity index (χ2v) is 6.45. The minimum Gasteiger partial charge on any atom is -0.480 e. The zero-order chi connectivity index (χ0) is 12.5. The lowest BCUT2D eigenvalue weighted by Gasteiger charge is -2.21. The average Bonchev–Trinajstić information content (AvgIpc) is 2.45. The smallest absolute Gasteiger partial charge is 0.322 e. The minimum atomic E-state index is -3.59. The molecule has 0 aromatic heterocycles. The number of hydrogen-bond donors (Lipinski definition) is 2. The first kappa shape index (κ1) is 13.4. The van der Waals surface area contributed by atoms with Crippen molar-refractivity contribution < 1.29 is 23.4 Å². The standard InChI is InChI=1S/C9H17NO5S/c1-6(2)5-16(14,15)10-4-7(11)3-8(10)9(12)13/h6-8,11H,3-5H2,1-2H3,(H,12,13)/t7-,8-/m0/s1. The summed E-state index contributed by atoms with van der Waals surface area (Å²) in [6.07, 6.45) is -0.921. The molecule has 1 fully saturated rings. The van der Waals surface area contributed by atoms with Crippen LogP contribution in [0, 0.1) is 5.92 Å². The summed E-state index contributed by atoms with van der Waals surface area (Å²) >= 11 is 0. The van der Waals surface area contributed by atoms with Gasteiger partial charge in [-0.05, 0) is 5.92 Å². The van der Waals surface area contributed by atoms with Gasteiger partial charge in [-0.15, -0.1) is 0 Å². The summed E-state index contributed by atoms with van der Waals surface area (Å²) in [5, 5.41) is 18.2. The fourth-order valence-electron chi connectivity index (χ4n) is 1.83. The minimum absolute atomic E-state index is 0.0351. The van der Waals surface area contributed by atoms with E-state index in [4.69, 9.17) is 5.11 Å². The molecule has 0 aromatic carbocycles. The molecule has 1 heterocycles.